The molecule has 0 aliphatic heterocycles. The second-order valence-corrected chi connectivity index (χ2v) is 5.39. The molecule has 0 N–H and O–H groups in total. The summed E-state index contributed by atoms with van der Waals surface area (Å²) < 4.78 is 0. The van der Waals surface area contributed by atoms with Crippen LogP contribution in [0.1, 0.15) is 21.2 Å². The van der Waals surface area contributed by atoms with E-state index in [-0.39, 0.29) is 10.8 Å². The number of Topliss-reactive ketones (excluding diaryl/α,β-unsaturated/α-hetero) is 1. The molecule has 90 valence electrons. The number of nitrogens with zero attached hydrogens (tertiary/aromatic N) is 1. The second-order valence-electron chi connectivity index (χ2n) is 3.57. The third kappa shape index (κ3) is 2.56. The quantitative estimate of drug-likeness (QED) is 0.780. The van der Waals surface area contributed by atoms with Gasteiger partial charge in [-0.05, 0) is 29.6 Å². The average molecular weight is 296 g/mol. The van der Waals surface area contributed by atoms with E-state index >= 15 is 0 Å². The molecule has 0 aliphatic rings. The molecule has 1 atom stereocenters. The Hall–Kier alpha value is -1.34. The van der Waals surface area contributed by atoms with Gasteiger partial charge in [0.2, 0.25) is 0 Å². The Bertz CT molecular complexity index is 616. The van der Waals surface area contributed by atoms with Crippen molar-refractivity contribution in [1.82, 2.24) is 0 Å². The van der Waals surface area contributed by atoms with Gasteiger partial charge in [-0.3, -0.25) is 4.79 Å². The number of ketones is 1. The van der Waals surface area contributed by atoms with Crippen LogP contribution in [0.5, 0.6) is 0 Å². The number of carbonyl (C=O) groups excluding carboxylic acids is 1. The summed E-state index contributed by atoms with van der Waals surface area (Å²) in [5.74, 6) is -1.12. The van der Waals surface area contributed by atoms with Crippen molar-refractivity contribution in [2.45, 2.75) is 5.92 Å². The normalized spacial score (nSPS) is 11.8. The smallest absolute Gasteiger partial charge is 0.186 e. The van der Waals surface area contributed by atoms with E-state index < -0.39 is 5.92 Å². The molecule has 1 unspecified atom stereocenters. The Kier molecular flexibility index (Phi) is 4.03. The number of thiophene rings is 1. The van der Waals surface area contributed by atoms with Crippen LogP contribution in [0, 0.1) is 11.3 Å². The van der Waals surface area contributed by atoms with Crippen molar-refractivity contribution in [3.8, 4) is 6.07 Å². The molecule has 1 aromatic carbocycles. The molecule has 0 saturated heterocycles. The Morgan fingerprint density at radius 3 is 2.67 bits per heavy atom. The van der Waals surface area contributed by atoms with Crippen LogP contribution in [0.15, 0.2) is 35.7 Å². The van der Waals surface area contributed by atoms with E-state index in [9.17, 15) is 4.79 Å². The fourth-order valence-corrected chi connectivity index (χ4v) is 2.82. The third-order valence-corrected chi connectivity index (χ3v) is 3.90. The Balaban J connectivity index is 2.39. The minimum atomic E-state index is -0.816. The molecular weight excluding hydrogens is 289 g/mol. The molecule has 0 radical (unpaired) electrons. The van der Waals surface area contributed by atoms with Crippen LogP contribution >= 0.6 is 34.5 Å². The first kappa shape index (κ1) is 13.1. The SMILES string of the molecule is N#CC(C(=O)c1ccc(Cl)cc1Cl)c1cccs1. The lowest BCUT2D eigenvalue weighted by Crippen LogP contribution is -2.10. The largest absolute Gasteiger partial charge is 0.292 e. The minimum absolute atomic E-state index is 0.268. The third-order valence-electron chi connectivity index (χ3n) is 2.42. The van der Waals surface area contributed by atoms with Gasteiger partial charge in [-0.1, -0.05) is 29.3 Å². The van der Waals surface area contributed by atoms with Crippen LogP contribution in [0.4, 0.5) is 0 Å². The van der Waals surface area contributed by atoms with Crippen molar-refractivity contribution in [2.24, 2.45) is 0 Å². The van der Waals surface area contributed by atoms with Crippen molar-refractivity contribution in [3.63, 3.8) is 0 Å². The highest BCUT2D eigenvalue weighted by Crippen LogP contribution is 2.29. The fraction of sp³-hybridized carbons (Fsp3) is 0.0769. The minimum Gasteiger partial charge on any atom is -0.292 e. The monoisotopic (exact) mass is 295 g/mol. The topological polar surface area (TPSA) is 40.9 Å². The Morgan fingerprint density at radius 2 is 2.11 bits per heavy atom. The van der Waals surface area contributed by atoms with Crippen LogP contribution in [-0.2, 0) is 0 Å². The molecule has 18 heavy (non-hydrogen) atoms. The van der Waals surface area contributed by atoms with Gasteiger partial charge in [-0.2, -0.15) is 5.26 Å². The van der Waals surface area contributed by atoms with Crippen LogP contribution in [0.3, 0.4) is 0 Å². The highest BCUT2D eigenvalue weighted by molar-refractivity contribution is 7.10. The van der Waals surface area contributed by atoms with Crippen molar-refractivity contribution in [3.05, 3.63) is 56.2 Å². The molecule has 0 saturated carbocycles. The average Bonchev–Trinajstić information content (AvgIpc) is 2.83. The zero-order valence-corrected chi connectivity index (χ0v) is 11.4. The molecule has 1 aromatic heterocycles. The van der Waals surface area contributed by atoms with Crippen molar-refractivity contribution in [2.75, 3.05) is 0 Å². The van der Waals surface area contributed by atoms with Crippen LogP contribution < -0.4 is 0 Å². The zero-order chi connectivity index (χ0) is 13.1. The lowest BCUT2D eigenvalue weighted by molar-refractivity contribution is 0.0980. The Labute approximate surface area is 118 Å². The maximum atomic E-state index is 12.3. The van der Waals surface area contributed by atoms with Crippen molar-refractivity contribution >= 4 is 40.3 Å². The second kappa shape index (κ2) is 5.53. The lowest BCUT2D eigenvalue weighted by atomic mass is 9.97. The fourth-order valence-electron chi connectivity index (χ4n) is 1.55. The van der Waals surface area contributed by atoms with Crippen LogP contribution in [0.25, 0.3) is 0 Å². The van der Waals surface area contributed by atoms with Gasteiger partial charge < -0.3 is 0 Å². The molecule has 5 heteroatoms. The zero-order valence-electron chi connectivity index (χ0n) is 9.06. The summed E-state index contributed by atoms with van der Waals surface area (Å²) in [5.41, 5.74) is 0.320. The highest BCUT2D eigenvalue weighted by atomic mass is 35.5. The number of hydrogen-bond acceptors (Lipinski definition) is 3. The van der Waals surface area contributed by atoms with Gasteiger partial charge in [0, 0.05) is 15.5 Å². The molecule has 0 amide bonds. The van der Waals surface area contributed by atoms with E-state index in [1.165, 1.54) is 17.4 Å². The van der Waals surface area contributed by atoms with Gasteiger partial charge in [0.25, 0.3) is 0 Å². The number of hydrogen-bond donors (Lipinski definition) is 0. The summed E-state index contributed by atoms with van der Waals surface area (Å²) >= 11 is 13.1. The summed E-state index contributed by atoms with van der Waals surface area (Å²) in [4.78, 5) is 13.0. The summed E-state index contributed by atoms with van der Waals surface area (Å²) in [6.07, 6.45) is 0. The molecule has 1 heterocycles. The first-order valence-electron chi connectivity index (χ1n) is 5.05. The van der Waals surface area contributed by atoms with Gasteiger partial charge in [0.15, 0.2) is 5.78 Å². The molecule has 0 bridgehead atoms. The summed E-state index contributed by atoms with van der Waals surface area (Å²) in [6.45, 7) is 0. The van der Waals surface area contributed by atoms with Gasteiger partial charge in [0.05, 0.1) is 11.1 Å². The van der Waals surface area contributed by atoms with Gasteiger partial charge in [-0.15, -0.1) is 11.3 Å². The predicted octanol–water partition coefficient (Wildman–Crippen LogP) is 4.54. The van der Waals surface area contributed by atoms with E-state index in [2.05, 4.69) is 0 Å². The molecule has 2 rings (SSSR count). The lowest BCUT2D eigenvalue weighted by Gasteiger charge is -2.08. The first-order valence-corrected chi connectivity index (χ1v) is 6.69. The highest BCUT2D eigenvalue weighted by Gasteiger charge is 2.24. The van der Waals surface area contributed by atoms with Gasteiger partial charge in [0.1, 0.15) is 5.92 Å². The number of nitriles is 1. The number of carbonyl (C=O) groups is 1. The predicted molar refractivity (Wildman–Crippen MR) is 73.5 cm³/mol. The number of halogens is 2. The summed E-state index contributed by atoms with van der Waals surface area (Å²) in [6, 6.07) is 10.2. The maximum Gasteiger partial charge on any atom is 0.186 e. The Morgan fingerprint density at radius 1 is 1.33 bits per heavy atom. The molecular formula is C13H7Cl2NOS. The summed E-state index contributed by atoms with van der Waals surface area (Å²) in [7, 11) is 0. The van der Waals surface area contributed by atoms with Crippen LogP contribution in [0.2, 0.25) is 10.0 Å². The standard InChI is InChI=1S/C13H7Cl2NOS/c14-8-3-4-9(11(15)6-8)13(17)10(7-16)12-2-1-5-18-12/h1-6,10H. The molecule has 0 spiro atoms. The van der Waals surface area contributed by atoms with E-state index in [0.29, 0.717) is 15.5 Å². The molecule has 0 aliphatic carbocycles. The van der Waals surface area contributed by atoms with Gasteiger partial charge >= 0.3 is 0 Å². The first-order chi connectivity index (χ1) is 8.63. The van der Waals surface area contributed by atoms with E-state index in [1.54, 1.807) is 24.3 Å². The van der Waals surface area contributed by atoms with E-state index in [1.807, 2.05) is 11.4 Å². The number of rotatable bonds is 3. The van der Waals surface area contributed by atoms with Crippen molar-refractivity contribution < 1.29 is 4.79 Å². The molecule has 0 fully saturated rings. The van der Waals surface area contributed by atoms with E-state index in [0.717, 1.165) is 0 Å². The van der Waals surface area contributed by atoms with E-state index in [4.69, 9.17) is 28.5 Å². The van der Waals surface area contributed by atoms with Crippen LogP contribution in [-0.4, -0.2) is 5.78 Å². The van der Waals surface area contributed by atoms with Gasteiger partial charge in [-0.25, -0.2) is 0 Å². The maximum absolute atomic E-state index is 12.3. The molecule has 2 nitrogen and oxygen atoms in total. The summed E-state index contributed by atoms with van der Waals surface area (Å²) in [5, 5.41) is 11.7. The van der Waals surface area contributed by atoms with Crippen molar-refractivity contribution in [1.29, 1.82) is 5.26 Å². The number of benzene rings is 1. The molecule has 2 aromatic rings.